The first-order valence-corrected chi connectivity index (χ1v) is 7.40. The van der Waals surface area contributed by atoms with Crippen molar-refractivity contribution < 1.29 is 9.90 Å². The van der Waals surface area contributed by atoms with E-state index >= 15 is 0 Å². The van der Waals surface area contributed by atoms with Crippen LogP contribution in [0.3, 0.4) is 0 Å². The van der Waals surface area contributed by atoms with Gasteiger partial charge in [-0.2, -0.15) is 0 Å². The number of thiophene rings is 1. The van der Waals surface area contributed by atoms with Crippen LogP contribution in [-0.2, 0) is 4.79 Å². The maximum absolute atomic E-state index is 11.6. The van der Waals surface area contributed by atoms with Gasteiger partial charge in [-0.25, -0.2) is 0 Å². The van der Waals surface area contributed by atoms with Crippen LogP contribution in [0.2, 0.25) is 4.34 Å². The highest BCUT2D eigenvalue weighted by molar-refractivity contribution is 7.16. The number of hydrogen-bond donors (Lipinski definition) is 1. The number of hydrogen-bond acceptors (Lipinski definition) is 3. The van der Waals surface area contributed by atoms with Crippen molar-refractivity contribution in [2.75, 3.05) is 6.54 Å². The van der Waals surface area contributed by atoms with Crippen LogP contribution in [0.25, 0.3) is 0 Å². The maximum Gasteiger partial charge on any atom is 0.323 e. The van der Waals surface area contributed by atoms with Gasteiger partial charge in [0.1, 0.15) is 5.54 Å². The predicted octanol–water partition coefficient (Wildman–Crippen LogP) is 3.79. The molecule has 5 heteroatoms. The van der Waals surface area contributed by atoms with Crippen LogP contribution in [0.4, 0.5) is 0 Å². The van der Waals surface area contributed by atoms with E-state index in [0.717, 1.165) is 28.6 Å². The molecule has 2 atom stereocenters. The molecule has 1 saturated heterocycles. The van der Waals surface area contributed by atoms with Crippen molar-refractivity contribution in [2.45, 2.75) is 44.7 Å². The molecule has 100 valence electrons. The fourth-order valence-corrected chi connectivity index (χ4v) is 3.82. The summed E-state index contributed by atoms with van der Waals surface area (Å²) in [4.78, 5) is 14.8. The van der Waals surface area contributed by atoms with Crippen molar-refractivity contribution in [3.63, 3.8) is 0 Å². The van der Waals surface area contributed by atoms with Gasteiger partial charge in [-0.15, -0.1) is 11.3 Å². The second-order valence-electron chi connectivity index (χ2n) is 5.05. The molecule has 0 saturated carbocycles. The Kier molecular flexibility index (Phi) is 3.99. The third-order valence-corrected chi connectivity index (χ3v) is 5.28. The van der Waals surface area contributed by atoms with Gasteiger partial charge >= 0.3 is 5.97 Å². The van der Waals surface area contributed by atoms with Crippen LogP contribution in [0.1, 0.15) is 44.0 Å². The number of nitrogens with zero attached hydrogens (tertiary/aromatic N) is 1. The van der Waals surface area contributed by atoms with E-state index in [2.05, 4.69) is 11.8 Å². The first-order chi connectivity index (χ1) is 8.45. The van der Waals surface area contributed by atoms with E-state index in [1.54, 1.807) is 0 Å². The van der Waals surface area contributed by atoms with Gasteiger partial charge in [0.15, 0.2) is 0 Å². The quantitative estimate of drug-likeness (QED) is 0.919. The van der Waals surface area contributed by atoms with E-state index in [-0.39, 0.29) is 6.04 Å². The number of aliphatic carboxylic acids is 1. The van der Waals surface area contributed by atoms with Gasteiger partial charge in [0.2, 0.25) is 0 Å². The van der Waals surface area contributed by atoms with Gasteiger partial charge < -0.3 is 5.11 Å². The lowest BCUT2D eigenvalue weighted by atomic mass is 9.87. The van der Waals surface area contributed by atoms with Crippen molar-refractivity contribution in [1.29, 1.82) is 0 Å². The molecule has 0 spiro atoms. The number of rotatable bonds is 3. The Morgan fingerprint density at radius 2 is 2.28 bits per heavy atom. The average Bonchev–Trinajstić information content (AvgIpc) is 2.75. The zero-order valence-electron chi connectivity index (χ0n) is 10.6. The fourth-order valence-electron chi connectivity index (χ4n) is 2.70. The Morgan fingerprint density at radius 3 is 2.83 bits per heavy atom. The van der Waals surface area contributed by atoms with Gasteiger partial charge in [-0.05, 0) is 51.8 Å². The first-order valence-electron chi connectivity index (χ1n) is 6.20. The van der Waals surface area contributed by atoms with Gasteiger partial charge in [0.05, 0.1) is 4.34 Å². The van der Waals surface area contributed by atoms with E-state index in [4.69, 9.17) is 11.6 Å². The molecule has 1 aliphatic heterocycles. The van der Waals surface area contributed by atoms with Crippen molar-refractivity contribution in [2.24, 2.45) is 0 Å². The van der Waals surface area contributed by atoms with Gasteiger partial charge in [-0.1, -0.05) is 11.6 Å². The number of likely N-dealkylation sites (tertiary alicyclic amines) is 1. The summed E-state index contributed by atoms with van der Waals surface area (Å²) < 4.78 is 0.755. The highest BCUT2D eigenvalue weighted by atomic mass is 35.5. The Hall–Kier alpha value is -0.580. The molecular formula is C13H18ClNO2S. The second-order valence-corrected chi connectivity index (χ2v) is 6.79. The molecular weight excluding hydrogens is 270 g/mol. The number of piperidine rings is 1. The van der Waals surface area contributed by atoms with Crippen LogP contribution in [0.15, 0.2) is 12.1 Å². The molecule has 1 aromatic rings. The summed E-state index contributed by atoms with van der Waals surface area (Å²) in [7, 11) is 0. The van der Waals surface area contributed by atoms with E-state index < -0.39 is 11.5 Å². The molecule has 0 radical (unpaired) electrons. The standard InChI is InChI=1S/C13H18ClNO2S/c1-9(10-5-6-11(14)18-10)15-8-4-3-7-13(15,2)12(16)17/h5-6,9H,3-4,7-8H2,1-2H3,(H,16,17). The minimum atomic E-state index is -0.756. The molecule has 0 bridgehead atoms. The summed E-state index contributed by atoms with van der Waals surface area (Å²) in [5.74, 6) is -0.725. The number of halogens is 1. The zero-order chi connectivity index (χ0) is 13.3. The fraction of sp³-hybridized carbons (Fsp3) is 0.615. The smallest absolute Gasteiger partial charge is 0.323 e. The van der Waals surface area contributed by atoms with Crippen LogP contribution in [0, 0.1) is 0 Å². The molecule has 2 rings (SSSR count). The molecule has 2 heterocycles. The molecule has 0 aliphatic carbocycles. The van der Waals surface area contributed by atoms with Crippen LogP contribution >= 0.6 is 22.9 Å². The van der Waals surface area contributed by atoms with Crippen molar-refractivity contribution in [3.05, 3.63) is 21.3 Å². The summed E-state index contributed by atoms with van der Waals surface area (Å²) in [6.45, 7) is 4.73. The molecule has 3 nitrogen and oxygen atoms in total. The molecule has 1 aromatic heterocycles. The Balaban J connectivity index is 2.26. The van der Waals surface area contributed by atoms with Crippen LogP contribution in [-0.4, -0.2) is 28.1 Å². The van der Waals surface area contributed by atoms with Gasteiger partial charge in [-0.3, -0.25) is 9.69 Å². The van der Waals surface area contributed by atoms with Gasteiger partial charge in [0.25, 0.3) is 0 Å². The van der Waals surface area contributed by atoms with E-state index in [9.17, 15) is 9.90 Å². The van der Waals surface area contributed by atoms with Crippen molar-refractivity contribution in [3.8, 4) is 0 Å². The summed E-state index contributed by atoms with van der Waals surface area (Å²) in [5.41, 5.74) is -0.756. The lowest BCUT2D eigenvalue weighted by Crippen LogP contribution is -2.55. The predicted molar refractivity (Wildman–Crippen MR) is 74.3 cm³/mol. The topological polar surface area (TPSA) is 40.5 Å². The molecule has 2 unspecified atom stereocenters. The zero-order valence-corrected chi connectivity index (χ0v) is 12.2. The normalized spacial score (nSPS) is 27.1. The third-order valence-electron chi connectivity index (χ3n) is 3.88. The van der Waals surface area contributed by atoms with E-state index in [0.29, 0.717) is 6.42 Å². The second kappa shape index (κ2) is 5.19. The summed E-state index contributed by atoms with van der Waals surface area (Å²) in [5, 5.41) is 9.50. The highest BCUT2D eigenvalue weighted by Gasteiger charge is 2.43. The molecule has 1 fully saturated rings. The molecule has 0 amide bonds. The summed E-state index contributed by atoms with van der Waals surface area (Å²) >= 11 is 7.49. The van der Waals surface area contributed by atoms with Crippen molar-refractivity contribution in [1.82, 2.24) is 4.90 Å². The lowest BCUT2D eigenvalue weighted by Gasteiger charge is -2.44. The Bertz CT molecular complexity index is 448. The number of carboxylic acid groups (broad SMARTS) is 1. The average molecular weight is 288 g/mol. The van der Waals surface area contributed by atoms with Crippen LogP contribution < -0.4 is 0 Å². The molecule has 18 heavy (non-hydrogen) atoms. The summed E-state index contributed by atoms with van der Waals surface area (Å²) in [6, 6.07) is 3.97. The summed E-state index contributed by atoms with van der Waals surface area (Å²) in [6.07, 6.45) is 2.76. The van der Waals surface area contributed by atoms with Gasteiger partial charge in [0, 0.05) is 10.9 Å². The molecule has 0 aromatic carbocycles. The van der Waals surface area contributed by atoms with Crippen molar-refractivity contribution >= 4 is 28.9 Å². The number of carbonyl (C=O) groups is 1. The third kappa shape index (κ3) is 2.42. The maximum atomic E-state index is 11.6. The lowest BCUT2D eigenvalue weighted by molar-refractivity contribution is -0.154. The SMILES string of the molecule is CC(c1ccc(Cl)s1)N1CCCCC1(C)C(=O)O. The number of carboxylic acids is 1. The molecule has 1 N–H and O–H groups in total. The first kappa shape index (κ1) is 13.8. The largest absolute Gasteiger partial charge is 0.480 e. The van der Waals surface area contributed by atoms with Crippen LogP contribution in [0.5, 0.6) is 0 Å². The Morgan fingerprint density at radius 1 is 1.56 bits per heavy atom. The monoisotopic (exact) mass is 287 g/mol. The van der Waals surface area contributed by atoms with E-state index in [1.165, 1.54) is 11.3 Å². The molecule has 1 aliphatic rings. The minimum absolute atomic E-state index is 0.101. The minimum Gasteiger partial charge on any atom is -0.480 e. The van der Waals surface area contributed by atoms with E-state index in [1.807, 2.05) is 19.1 Å². The Labute approximate surface area is 116 Å². The highest BCUT2D eigenvalue weighted by Crippen LogP contribution is 2.38.